The van der Waals surface area contributed by atoms with Gasteiger partial charge in [0.1, 0.15) is 10.9 Å². The Balaban J connectivity index is 2.09. The maximum absolute atomic E-state index is 11.8. The smallest absolute Gasteiger partial charge is 0.274 e. The SMILES string of the molecule is O=C(N/N=C/c1cc(Cl)ccc1O)c1cccnc1Cl. The Morgan fingerprint density at radius 1 is 1.35 bits per heavy atom. The first kappa shape index (κ1) is 14.3. The summed E-state index contributed by atoms with van der Waals surface area (Å²) in [6.45, 7) is 0. The van der Waals surface area contributed by atoms with Crippen LogP contribution in [0.4, 0.5) is 0 Å². The molecule has 20 heavy (non-hydrogen) atoms. The number of hydrogen-bond acceptors (Lipinski definition) is 4. The van der Waals surface area contributed by atoms with E-state index in [1.807, 2.05) is 0 Å². The van der Waals surface area contributed by atoms with E-state index in [1.54, 1.807) is 12.1 Å². The van der Waals surface area contributed by atoms with Crippen LogP contribution in [0.15, 0.2) is 41.6 Å². The van der Waals surface area contributed by atoms with E-state index in [-0.39, 0.29) is 16.5 Å². The third kappa shape index (κ3) is 3.46. The van der Waals surface area contributed by atoms with E-state index in [0.717, 1.165) is 0 Å². The number of nitrogens with one attached hydrogen (secondary N) is 1. The molecule has 1 amide bonds. The van der Waals surface area contributed by atoms with Crippen LogP contribution in [-0.2, 0) is 0 Å². The molecule has 2 rings (SSSR count). The van der Waals surface area contributed by atoms with Crippen LogP contribution in [0.25, 0.3) is 0 Å². The molecule has 0 bridgehead atoms. The normalized spacial score (nSPS) is 10.7. The maximum atomic E-state index is 11.8. The Morgan fingerprint density at radius 3 is 2.90 bits per heavy atom. The van der Waals surface area contributed by atoms with Gasteiger partial charge >= 0.3 is 0 Å². The summed E-state index contributed by atoms with van der Waals surface area (Å²) in [6.07, 6.45) is 2.76. The van der Waals surface area contributed by atoms with E-state index < -0.39 is 5.91 Å². The average Bonchev–Trinajstić information content (AvgIpc) is 2.43. The summed E-state index contributed by atoms with van der Waals surface area (Å²) in [6, 6.07) is 7.61. The molecule has 0 aliphatic heterocycles. The number of carbonyl (C=O) groups excluding carboxylic acids is 1. The van der Waals surface area contributed by atoms with Crippen molar-refractivity contribution in [3.8, 4) is 5.75 Å². The van der Waals surface area contributed by atoms with Gasteiger partial charge in [0.2, 0.25) is 0 Å². The highest BCUT2D eigenvalue weighted by Crippen LogP contribution is 2.19. The summed E-state index contributed by atoms with van der Waals surface area (Å²) in [5, 5.41) is 13.8. The Bertz CT molecular complexity index is 674. The molecule has 102 valence electrons. The van der Waals surface area contributed by atoms with Crippen LogP contribution in [0, 0.1) is 0 Å². The maximum Gasteiger partial charge on any atom is 0.274 e. The molecular weight excluding hydrogens is 301 g/mol. The molecule has 0 atom stereocenters. The zero-order chi connectivity index (χ0) is 14.5. The number of nitrogens with zero attached hydrogens (tertiary/aromatic N) is 2. The average molecular weight is 310 g/mol. The molecular formula is C13H9Cl2N3O2. The lowest BCUT2D eigenvalue weighted by Crippen LogP contribution is -2.18. The Labute approximate surface area is 124 Å². The summed E-state index contributed by atoms with van der Waals surface area (Å²) in [4.78, 5) is 15.6. The highest BCUT2D eigenvalue weighted by atomic mass is 35.5. The second kappa shape index (κ2) is 6.36. The van der Waals surface area contributed by atoms with Crippen molar-refractivity contribution in [3.63, 3.8) is 0 Å². The van der Waals surface area contributed by atoms with Crippen molar-refractivity contribution in [2.24, 2.45) is 5.10 Å². The van der Waals surface area contributed by atoms with Crippen molar-refractivity contribution >= 4 is 35.3 Å². The molecule has 1 heterocycles. The number of aromatic nitrogens is 1. The quantitative estimate of drug-likeness (QED) is 0.520. The van der Waals surface area contributed by atoms with E-state index in [2.05, 4.69) is 15.5 Å². The molecule has 0 spiro atoms. The molecule has 5 nitrogen and oxygen atoms in total. The van der Waals surface area contributed by atoms with Gasteiger partial charge in [-0.25, -0.2) is 10.4 Å². The van der Waals surface area contributed by atoms with Gasteiger partial charge in [-0.1, -0.05) is 23.2 Å². The van der Waals surface area contributed by atoms with Crippen LogP contribution in [0.3, 0.4) is 0 Å². The molecule has 0 aliphatic rings. The molecule has 1 aromatic carbocycles. The van der Waals surface area contributed by atoms with Crippen LogP contribution >= 0.6 is 23.2 Å². The molecule has 0 fully saturated rings. The second-order valence-corrected chi connectivity index (χ2v) is 4.54. The summed E-state index contributed by atoms with van der Waals surface area (Å²) in [5.74, 6) is -0.493. The molecule has 0 saturated heterocycles. The standard InChI is InChI=1S/C13H9Cl2N3O2/c14-9-3-4-11(19)8(6-9)7-17-18-13(20)10-2-1-5-16-12(10)15/h1-7,19H,(H,18,20)/b17-7+. The van der Waals surface area contributed by atoms with Crippen molar-refractivity contribution in [2.75, 3.05) is 0 Å². The highest BCUT2D eigenvalue weighted by molar-refractivity contribution is 6.32. The lowest BCUT2D eigenvalue weighted by Gasteiger charge is -2.02. The number of phenols is 1. The van der Waals surface area contributed by atoms with E-state index in [9.17, 15) is 9.90 Å². The number of hydrogen-bond donors (Lipinski definition) is 2. The molecule has 2 N–H and O–H groups in total. The van der Waals surface area contributed by atoms with Gasteiger partial charge in [-0.15, -0.1) is 0 Å². The van der Waals surface area contributed by atoms with Gasteiger partial charge in [0.25, 0.3) is 5.91 Å². The van der Waals surface area contributed by atoms with Crippen LogP contribution in [0.5, 0.6) is 5.75 Å². The predicted molar refractivity (Wildman–Crippen MR) is 77.4 cm³/mol. The predicted octanol–water partition coefficient (Wildman–Crippen LogP) is 2.86. The molecule has 0 unspecified atom stereocenters. The lowest BCUT2D eigenvalue weighted by molar-refractivity contribution is 0.0955. The Morgan fingerprint density at radius 2 is 2.15 bits per heavy atom. The van der Waals surface area contributed by atoms with Crippen molar-refractivity contribution in [3.05, 3.63) is 57.8 Å². The minimum absolute atomic E-state index is 0.00630. The van der Waals surface area contributed by atoms with Gasteiger partial charge in [-0.05, 0) is 30.3 Å². The fourth-order valence-corrected chi connectivity index (χ4v) is 1.79. The Hall–Kier alpha value is -2.11. The second-order valence-electron chi connectivity index (χ2n) is 3.74. The van der Waals surface area contributed by atoms with Crippen molar-refractivity contribution in [2.45, 2.75) is 0 Å². The molecule has 1 aromatic heterocycles. The lowest BCUT2D eigenvalue weighted by atomic mass is 10.2. The van der Waals surface area contributed by atoms with E-state index in [1.165, 1.54) is 30.6 Å². The fraction of sp³-hybridized carbons (Fsp3) is 0. The van der Waals surface area contributed by atoms with Crippen LogP contribution < -0.4 is 5.43 Å². The van der Waals surface area contributed by atoms with Crippen LogP contribution in [0.2, 0.25) is 10.2 Å². The molecule has 7 heteroatoms. The number of halogens is 2. The van der Waals surface area contributed by atoms with E-state index in [0.29, 0.717) is 10.6 Å². The van der Waals surface area contributed by atoms with Gasteiger partial charge < -0.3 is 5.11 Å². The van der Waals surface area contributed by atoms with Crippen molar-refractivity contribution in [1.29, 1.82) is 0 Å². The number of aromatic hydroxyl groups is 1. The largest absolute Gasteiger partial charge is 0.507 e. The number of amides is 1. The first-order chi connectivity index (χ1) is 9.58. The van der Waals surface area contributed by atoms with Gasteiger partial charge in [-0.3, -0.25) is 4.79 Å². The van der Waals surface area contributed by atoms with Gasteiger partial charge in [0, 0.05) is 16.8 Å². The summed E-state index contributed by atoms with van der Waals surface area (Å²) < 4.78 is 0. The Kier molecular flexibility index (Phi) is 4.55. The number of pyridine rings is 1. The van der Waals surface area contributed by atoms with Crippen molar-refractivity contribution in [1.82, 2.24) is 10.4 Å². The van der Waals surface area contributed by atoms with Gasteiger partial charge in [0.15, 0.2) is 0 Å². The van der Waals surface area contributed by atoms with E-state index >= 15 is 0 Å². The number of phenolic OH excluding ortho intramolecular Hbond substituents is 1. The molecule has 2 aromatic rings. The first-order valence-corrected chi connectivity index (χ1v) is 6.26. The summed E-state index contributed by atoms with van der Waals surface area (Å²) in [7, 11) is 0. The topological polar surface area (TPSA) is 74.6 Å². The zero-order valence-corrected chi connectivity index (χ0v) is 11.6. The molecule has 0 aliphatic carbocycles. The van der Waals surface area contributed by atoms with Gasteiger partial charge in [0.05, 0.1) is 11.8 Å². The van der Waals surface area contributed by atoms with Crippen LogP contribution in [0.1, 0.15) is 15.9 Å². The third-order valence-electron chi connectivity index (χ3n) is 2.36. The molecule has 0 saturated carbocycles. The number of rotatable bonds is 3. The molecule has 0 radical (unpaired) electrons. The zero-order valence-electron chi connectivity index (χ0n) is 10.0. The van der Waals surface area contributed by atoms with Crippen molar-refractivity contribution < 1.29 is 9.90 Å². The van der Waals surface area contributed by atoms with Gasteiger partial charge in [-0.2, -0.15) is 5.10 Å². The number of benzene rings is 1. The minimum atomic E-state index is -0.499. The number of hydrazone groups is 1. The van der Waals surface area contributed by atoms with Crippen LogP contribution in [-0.4, -0.2) is 22.2 Å². The highest BCUT2D eigenvalue weighted by Gasteiger charge is 2.09. The third-order valence-corrected chi connectivity index (χ3v) is 2.90. The van der Waals surface area contributed by atoms with E-state index in [4.69, 9.17) is 23.2 Å². The number of carbonyl (C=O) groups is 1. The summed E-state index contributed by atoms with van der Waals surface area (Å²) in [5.41, 5.74) is 2.88. The minimum Gasteiger partial charge on any atom is -0.507 e. The first-order valence-electron chi connectivity index (χ1n) is 5.50. The monoisotopic (exact) mass is 309 g/mol. The summed E-state index contributed by atoms with van der Waals surface area (Å²) >= 11 is 11.6. The fourth-order valence-electron chi connectivity index (χ4n) is 1.40.